The highest BCUT2D eigenvalue weighted by Gasteiger charge is 2.12. The lowest BCUT2D eigenvalue weighted by Gasteiger charge is -2.08. The lowest BCUT2D eigenvalue weighted by molar-refractivity contribution is 0.170. The van der Waals surface area contributed by atoms with E-state index in [9.17, 15) is 4.79 Å². The Morgan fingerprint density at radius 1 is 1.29 bits per heavy atom. The summed E-state index contributed by atoms with van der Waals surface area (Å²) in [6.45, 7) is 2.53. The largest absolute Gasteiger partial charge is 0.445 e. The van der Waals surface area contributed by atoms with Crippen LogP contribution in [0.2, 0.25) is 0 Å². The van der Waals surface area contributed by atoms with Crippen LogP contribution in [-0.2, 0) is 4.74 Å². The molecule has 3 nitrogen and oxygen atoms in total. The quantitative estimate of drug-likeness (QED) is 0.805. The monoisotopic (exact) mass is 231 g/mol. The van der Waals surface area contributed by atoms with E-state index in [0.29, 0.717) is 6.61 Å². The molecule has 0 saturated carbocycles. The van der Waals surface area contributed by atoms with Gasteiger partial charge in [-0.05, 0) is 43.9 Å². The molecule has 0 heterocycles. The summed E-state index contributed by atoms with van der Waals surface area (Å²) in [5, 5.41) is 2.70. The van der Waals surface area contributed by atoms with Crippen molar-refractivity contribution < 1.29 is 9.53 Å². The van der Waals surface area contributed by atoms with Crippen LogP contribution < -0.4 is 5.32 Å². The molecule has 2 rings (SSSR count). The van der Waals surface area contributed by atoms with Gasteiger partial charge in [0, 0.05) is 5.69 Å². The van der Waals surface area contributed by atoms with Crippen LogP contribution >= 0.6 is 0 Å². The van der Waals surface area contributed by atoms with Crippen LogP contribution in [-0.4, -0.2) is 12.7 Å². The van der Waals surface area contributed by atoms with Gasteiger partial charge in [-0.3, -0.25) is 5.32 Å². The molecule has 0 aromatic heterocycles. The third-order valence-electron chi connectivity index (χ3n) is 3.03. The zero-order valence-corrected chi connectivity index (χ0v) is 10.0. The maximum atomic E-state index is 11.5. The van der Waals surface area contributed by atoms with E-state index >= 15 is 0 Å². The van der Waals surface area contributed by atoms with E-state index in [-0.39, 0.29) is 6.09 Å². The predicted molar refractivity (Wildman–Crippen MR) is 68.0 cm³/mol. The third kappa shape index (κ3) is 3.34. The number of amides is 1. The zero-order chi connectivity index (χ0) is 12.1. The van der Waals surface area contributed by atoms with Gasteiger partial charge < -0.3 is 4.74 Å². The second kappa shape index (κ2) is 5.53. The molecule has 1 amide bonds. The van der Waals surface area contributed by atoms with Gasteiger partial charge >= 0.3 is 6.09 Å². The van der Waals surface area contributed by atoms with Crippen LogP contribution in [0.3, 0.4) is 0 Å². The highest BCUT2D eigenvalue weighted by atomic mass is 16.5. The van der Waals surface area contributed by atoms with Crippen molar-refractivity contribution >= 4 is 11.8 Å². The minimum absolute atomic E-state index is 0.386. The molecule has 1 aromatic carbocycles. The van der Waals surface area contributed by atoms with Crippen molar-refractivity contribution in [3.63, 3.8) is 0 Å². The van der Waals surface area contributed by atoms with Gasteiger partial charge in [0.25, 0.3) is 0 Å². The molecule has 90 valence electrons. The Labute approximate surface area is 101 Å². The van der Waals surface area contributed by atoms with Crippen LogP contribution in [0.4, 0.5) is 10.5 Å². The van der Waals surface area contributed by atoms with E-state index in [1.54, 1.807) is 0 Å². The van der Waals surface area contributed by atoms with Gasteiger partial charge in [0.05, 0.1) is 0 Å². The maximum absolute atomic E-state index is 11.5. The van der Waals surface area contributed by atoms with Gasteiger partial charge in [-0.25, -0.2) is 4.79 Å². The van der Waals surface area contributed by atoms with Crippen LogP contribution in [0.25, 0.3) is 0 Å². The Morgan fingerprint density at radius 3 is 2.71 bits per heavy atom. The number of nitrogens with one attached hydrogen (secondary N) is 1. The first-order valence-electron chi connectivity index (χ1n) is 5.92. The number of benzene rings is 1. The summed E-state index contributed by atoms with van der Waals surface area (Å²) < 4.78 is 5.19. The van der Waals surface area contributed by atoms with Gasteiger partial charge in [0.15, 0.2) is 0 Å². The molecule has 1 aliphatic rings. The number of carbonyl (C=O) groups is 1. The summed E-state index contributed by atoms with van der Waals surface area (Å²) >= 11 is 0. The fraction of sp³-hybridized carbons (Fsp3) is 0.357. The van der Waals surface area contributed by atoms with Crippen LogP contribution in [0, 0.1) is 0 Å². The Balaban J connectivity index is 1.80. The second-order valence-electron chi connectivity index (χ2n) is 4.30. The maximum Gasteiger partial charge on any atom is 0.411 e. The second-order valence-corrected chi connectivity index (χ2v) is 4.30. The average molecular weight is 231 g/mol. The lowest BCUT2D eigenvalue weighted by Crippen LogP contribution is -2.15. The molecule has 0 bridgehead atoms. The number of carbonyl (C=O) groups excluding carboxylic acids is 1. The minimum Gasteiger partial charge on any atom is -0.445 e. The molecule has 0 saturated heterocycles. The van der Waals surface area contributed by atoms with Crippen molar-refractivity contribution in [1.82, 2.24) is 0 Å². The zero-order valence-electron chi connectivity index (χ0n) is 10.0. The summed E-state index contributed by atoms with van der Waals surface area (Å²) in [6.07, 6.45) is 3.00. The topological polar surface area (TPSA) is 38.3 Å². The highest BCUT2D eigenvalue weighted by molar-refractivity contribution is 5.84. The number of ether oxygens (including phenoxy) is 1. The van der Waals surface area contributed by atoms with E-state index in [2.05, 4.69) is 12.2 Å². The first-order chi connectivity index (χ1) is 8.25. The standard InChI is InChI=1S/C14H17NO2/c1-11-6-5-7-12(11)10-17-14(16)15-13-8-3-2-4-9-13/h2-4,8-9H,5-7,10H2,1H3,(H,15,16). The van der Waals surface area contributed by atoms with Crippen molar-refractivity contribution in [2.75, 3.05) is 11.9 Å². The number of rotatable bonds is 3. The van der Waals surface area contributed by atoms with Crippen LogP contribution in [0.5, 0.6) is 0 Å². The van der Waals surface area contributed by atoms with Crippen LogP contribution in [0.1, 0.15) is 26.2 Å². The van der Waals surface area contributed by atoms with Gasteiger partial charge in [0.1, 0.15) is 6.61 Å². The summed E-state index contributed by atoms with van der Waals surface area (Å²) in [5.74, 6) is 0. The molecule has 3 heteroatoms. The summed E-state index contributed by atoms with van der Waals surface area (Å²) in [4.78, 5) is 11.5. The molecule has 0 unspecified atom stereocenters. The van der Waals surface area contributed by atoms with Gasteiger partial charge in [-0.1, -0.05) is 23.8 Å². The van der Waals surface area contributed by atoms with Crippen molar-refractivity contribution in [3.8, 4) is 0 Å². The molecule has 0 aliphatic heterocycles. The normalized spacial score (nSPS) is 14.9. The average Bonchev–Trinajstić information content (AvgIpc) is 2.74. The molecular formula is C14H17NO2. The number of allylic oxidation sites excluding steroid dienone is 1. The molecule has 1 aliphatic carbocycles. The smallest absolute Gasteiger partial charge is 0.411 e. The SMILES string of the molecule is CC1=C(COC(=O)Nc2ccccc2)CCC1. The van der Waals surface area contributed by atoms with E-state index in [4.69, 9.17) is 4.74 Å². The van der Waals surface area contributed by atoms with Crippen LogP contribution in [0.15, 0.2) is 41.5 Å². The van der Waals surface area contributed by atoms with E-state index in [0.717, 1.165) is 18.5 Å². The molecular weight excluding hydrogens is 214 g/mol. The van der Waals surface area contributed by atoms with Gasteiger partial charge in [-0.2, -0.15) is 0 Å². The number of hydrogen-bond donors (Lipinski definition) is 1. The van der Waals surface area contributed by atoms with Crippen molar-refractivity contribution in [3.05, 3.63) is 41.5 Å². The number of anilines is 1. The summed E-state index contributed by atoms with van der Waals surface area (Å²) in [5.41, 5.74) is 3.40. The van der Waals surface area contributed by atoms with Crippen molar-refractivity contribution in [2.45, 2.75) is 26.2 Å². The number of hydrogen-bond acceptors (Lipinski definition) is 2. The van der Waals surface area contributed by atoms with Crippen molar-refractivity contribution in [1.29, 1.82) is 0 Å². The first-order valence-corrected chi connectivity index (χ1v) is 5.92. The van der Waals surface area contributed by atoms with Crippen molar-refractivity contribution in [2.24, 2.45) is 0 Å². The molecule has 0 radical (unpaired) electrons. The van der Waals surface area contributed by atoms with Gasteiger partial charge in [-0.15, -0.1) is 0 Å². The molecule has 1 aromatic rings. The summed E-state index contributed by atoms with van der Waals surface area (Å²) in [6, 6.07) is 9.32. The molecule has 1 N–H and O–H groups in total. The molecule has 0 atom stereocenters. The Hall–Kier alpha value is -1.77. The van der Waals surface area contributed by atoms with E-state index in [1.165, 1.54) is 17.6 Å². The Morgan fingerprint density at radius 2 is 2.06 bits per heavy atom. The van der Waals surface area contributed by atoms with E-state index < -0.39 is 0 Å². The molecule has 17 heavy (non-hydrogen) atoms. The first kappa shape index (κ1) is 11.7. The summed E-state index contributed by atoms with van der Waals surface area (Å²) in [7, 11) is 0. The van der Waals surface area contributed by atoms with E-state index in [1.807, 2.05) is 30.3 Å². The third-order valence-corrected chi connectivity index (χ3v) is 3.03. The fourth-order valence-electron chi connectivity index (χ4n) is 1.98. The molecule has 0 spiro atoms. The highest BCUT2D eigenvalue weighted by Crippen LogP contribution is 2.25. The predicted octanol–water partition coefficient (Wildman–Crippen LogP) is 3.74. The lowest BCUT2D eigenvalue weighted by atomic mass is 10.2. The Kier molecular flexibility index (Phi) is 3.81. The fourth-order valence-corrected chi connectivity index (χ4v) is 1.98. The minimum atomic E-state index is -0.386. The molecule has 0 fully saturated rings. The number of para-hydroxylation sites is 1. The van der Waals surface area contributed by atoms with Gasteiger partial charge in [0.2, 0.25) is 0 Å². The Bertz CT molecular complexity index is 423.